The first-order valence-corrected chi connectivity index (χ1v) is 2.77. The number of hydrogen-bond acceptors (Lipinski definition) is 2. The largest absolute Gasteiger partial charge is 0.327 e. The lowest BCUT2D eigenvalue weighted by Gasteiger charge is -2.02. The number of nitrogens with two attached hydrogens (primary N) is 1. The van der Waals surface area contributed by atoms with Gasteiger partial charge in [-0.15, -0.1) is 0 Å². The van der Waals surface area contributed by atoms with Crippen LogP contribution >= 0.6 is 0 Å². The van der Waals surface area contributed by atoms with Crippen LogP contribution in [0.25, 0.3) is 0 Å². The van der Waals surface area contributed by atoms with Crippen molar-refractivity contribution in [3.05, 3.63) is 12.2 Å². The van der Waals surface area contributed by atoms with Gasteiger partial charge in [-0.1, -0.05) is 12.2 Å². The zero-order valence-corrected chi connectivity index (χ0v) is 5.59. The summed E-state index contributed by atoms with van der Waals surface area (Å²) in [6, 6.07) is 0. The maximum Gasteiger partial charge on any atom is 0.0157 e. The molecule has 0 rings (SSSR count). The summed E-state index contributed by atoms with van der Waals surface area (Å²) in [6.45, 7) is 1.63. The lowest BCUT2D eigenvalue weighted by atomic mass is 10.5. The fourth-order valence-electron chi connectivity index (χ4n) is 0.382. The Morgan fingerprint density at radius 3 is 2.38 bits per heavy atom. The van der Waals surface area contributed by atoms with Crippen LogP contribution in [0.2, 0.25) is 0 Å². The standard InChI is InChI=1S/C6H14N2/c1-8(2)6-4-3-5-7/h3-4H,5-7H2,1-2H3/b4-3+. The Labute approximate surface area is 51.0 Å². The quantitative estimate of drug-likeness (QED) is 0.526. The normalized spacial score (nSPS) is 11.5. The highest BCUT2D eigenvalue weighted by atomic mass is 15.0. The van der Waals surface area contributed by atoms with E-state index in [1.54, 1.807) is 0 Å². The molecule has 0 spiro atoms. The Bertz CT molecular complexity index is 66.9. The van der Waals surface area contributed by atoms with Gasteiger partial charge in [0, 0.05) is 13.1 Å². The third kappa shape index (κ3) is 5.66. The van der Waals surface area contributed by atoms with Gasteiger partial charge >= 0.3 is 0 Å². The molecule has 0 aromatic carbocycles. The summed E-state index contributed by atoms with van der Waals surface area (Å²) in [4.78, 5) is 2.09. The fraction of sp³-hybridized carbons (Fsp3) is 0.667. The summed E-state index contributed by atoms with van der Waals surface area (Å²) in [5.74, 6) is 0. The highest BCUT2D eigenvalue weighted by Gasteiger charge is 1.78. The number of likely N-dealkylation sites (N-methyl/N-ethyl adjacent to an activating group) is 1. The van der Waals surface area contributed by atoms with Crippen molar-refractivity contribution in [2.75, 3.05) is 27.2 Å². The second-order valence-corrected chi connectivity index (χ2v) is 1.97. The van der Waals surface area contributed by atoms with Crippen molar-refractivity contribution in [2.24, 2.45) is 5.73 Å². The molecule has 0 bridgehead atoms. The van der Waals surface area contributed by atoms with Crippen molar-refractivity contribution in [1.82, 2.24) is 4.90 Å². The van der Waals surface area contributed by atoms with Crippen LogP contribution in [-0.4, -0.2) is 32.1 Å². The first-order valence-electron chi connectivity index (χ1n) is 2.77. The topological polar surface area (TPSA) is 29.3 Å². The minimum atomic E-state index is 0.647. The highest BCUT2D eigenvalue weighted by molar-refractivity contribution is 4.83. The van der Waals surface area contributed by atoms with Crippen molar-refractivity contribution >= 4 is 0 Å². The van der Waals surface area contributed by atoms with Gasteiger partial charge in [-0.25, -0.2) is 0 Å². The van der Waals surface area contributed by atoms with E-state index in [0.717, 1.165) is 6.54 Å². The van der Waals surface area contributed by atoms with E-state index in [9.17, 15) is 0 Å². The smallest absolute Gasteiger partial charge is 0.0157 e. The molecule has 0 aromatic heterocycles. The molecule has 0 aliphatic heterocycles. The number of rotatable bonds is 3. The molecule has 2 nitrogen and oxygen atoms in total. The summed E-state index contributed by atoms with van der Waals surface area (Å²) in [5.41, 5.74) is 5.21. The first-order chi connectivity index (χ1) is 3.77. The Hall–Kier alpha value is -0.340. The third-order valence-corrected chi connectivity index (χ3v) is 0.773. The summed E-state index contributed by atoms with van der Waals surface area (Å²) in [7, 11) is 4.06. The van der Waals surface area contributed by atoms with Crippen LogP contribution in [-0.2, 0) is 0 Å². The average Bonchev–Trinajstić information content (AvgIpc) is 1.66. The Morgan fingerprint density at radius 1 is 1.38 bits per heavy atom. The fourth-order valence-corrected chi connectivity index (χ4v) is 0.382. The summed E-state index contributed by atoms with van der Waals surface area (Å²) in [5, 5.41) is 0. The zero-order valence-electron chi connectivity index (χ0n) is 5.59. The van der Waals surface area contributed by atoms with Crippen molar-refractivity contribution in [2.45, 2.75) is 0 Å². The molecule has 0 radical (unpaired) electrons. The molecule has 0 atom stereocenters. The van der Waals surface area contributed by atoms with E-state index < -0.39 is 0 Å². The van der Waals surface area contributed by atoms with Crippen LogP contribution in [0.5, 0.6) is 0 Å². The summed E-state index contributed by atoms with van der Waals surface area (Å²) < 4.78 is 0. The van der Waals surface area contributed by atoms with Gasteiger partial charge in [0.2, 0.25) is 0 Å². The van der Waals surface area contributed by atoms with E-state index in [1.165, 1.54) is 0 Å². The minimum absolute atomic E-state index is 0.647. The molecule has 0 amide bonds. The van der Waals surface area contributed by atoms with E-state index in [2.05, 4.69) is 11.0 Å². The van der Waals surface area contributed by atoms with Crippen LogP contribution in [0, 0.1) is 0 Å². The van der Waals surface area contributed by atoms with Crippen molar-refractivity contribution in [3.8, 4) is 0 Å². The van der Waals surface area contributed by atoms with Gasteiger partial charge in [0.25, 0.3) is 0 Å². The van der Waals surface area contributed by atoms with Crippen molar-refractivity contribution < 1.29 is 0 Å². The van der Waals surface area contributed by atoms with Crippen LogP contribution < -0.4 is 5.73 Å². The molecule has 0 aromatic rings. The maximum absolute atomic E-state index is 5.21. The van der Waals surface area contributed by atoms with Crippen LogP contribution in [0.1, 0.15) is 0 Å². The lowest BCUT2D eigenvalue weighted by Crippen LogP contribution is -2.10. The molecule has 48 valence electrons. The molecule has 2 N–H and O–H groups in total. The molecule has 2 heteroatoms. The monoisotopic (exact) mass is 114 g/mol. The van der Waals surface area contributed by atoms with Gasteiger partial charge in [0.1, 0.15) is 0 Å². The van der Waals surface area contributed by atoms with E-state index in [1.807, 2.05) is 20.2 Å². The molecule has 0 unspecified atom stereocenters. The van der Waals surface area contributed by atoms with E-state index in [-0.39, 0.29) is 0 Å². The molecule has 0 saturated heterocycles. The van der Waals surface area contributed by atoms with E-state index in [0.29, 0.717) is 6.54 Å². The first kappa shape index (κ1) is 7.66. The van der Waals surface area contributed by atoms with Gasteiger partial charge < -0.3 is 10.6 Å². The van der Waals surface area contributed by atoms with Crippen LogP contribution in [0.15, 0.2) is 12.2 Å². The molecular formula is C6H14N2. The Morgan fingerprint density at radius 2 is 2.00 bits per heavy atom. The second kappa shape index (κ2) is 4.81. The molecule has 0 aliphatic carbocycles. The molecule has 0 heterocycles. The number of nitrogens with zero attached hydrogens (tertiary/aromatic N) is 1. The lowest BCUT2D eigenvalue weighted by molar-refractivity contribution is 0.456. The van der Waals surface area contributed by atoms with Gasteiger partial charge in [0.05, 0.1) is 0 Å². The van der Waals surface area contributed by atoms with Crippen molar-refractivity contribution in [1.29, 1.82) is 0 Å². The average molecular weight is 114 g/mol. The predicted octanol–water partition coefficient (Wildman–Crippen LogP) is 0.0629. The third-order valence-electron chi connectivity index (χ3n) is 0.773. The van der Waals surface area contributed by atoms with Gasteiger partial charge in [-0.3, -0.25) is 0 Å². The van der Waals surface area contributed by atoms with E-state index >= 15 is 0 Å². The molecular weight excluding hydrogens is 100 g/mol. The van der Waals surface area contributed by atoms with Crippen molar-refractivity contribution in [3.63, 3.8) is 0 Å². The van der Waals surface area contributed by atoms with Gasteiger partial charge in [-0.2, -0.15) is 0 Å². The Kier molecular flexibility index (Phi) is 4.61. The minimum Gasteiger partial charge on any atom is -0.327 e. The summed E-state index contributed by atoms with van der Waals surface area (Å²) >= 11 is 0. The Balaban J connectivity index is 3.03. The highest BCUT2D eigenvalue weighted by Crippen LogP contribution is 1.74. The SMILES string of the molecule is CN(C)C/C=C/CN. The maximum atomic E-state index is 5.21. The molecule has 0 saturated carbocycles. The second-order valence-electron chi connectivity index (χ2n) is 1.97. The summed E-state index contributed by atoms with van der Waals surface area (Å²) in [6.07, 6.45) is 4.01. The van der Waals surface area contributed by atoms with Crippen LogP contribution in [0.3, 0.4) is 0 Å². The molecule has 0 aliphatic rings. The molecule has 0 fully saturated rings. The number of hydrogen-bond donors (Lipinski definition) is 1. The van der Waals surface area contributed by atoms with Crippen LogP contribution in [0.4, 0.5) is 0 Å². The van der Waals surface area contributed by atoms with Gasteiger partial charge in [0.15, 0.2) is 0 Å². The molecule has 8 heavy (non-hydrogen) atoms. The van der Waals surface area contributed by atoms with Gasteiger partial charge in [-0.05, 0) is 14.1 Å². The predicted molar refractivity (Wildman–Crippen MR) is 36.7 cm³/mol. The zero-order chi connectivity index (χ0) is 6.41. The van der Waals surface area contributed by atoms with E-state index in [4.69, 9.17) is 5.73 Å².